The number of hydrogen-bond donors (Lipinski definition) is 1. The minimum Gasteiger partial charge on any atom is -0.366 e. The smallest absolute Gasteiger partial charge is 0.366 e. The number of benzene rings is 1. The second kappa shape index (κ2) is 11.6. The molecular weight excluding hydrogens is 448 g/mol. The van der Waals surface area contributed by atoms with Crippen molar-refractivity contribution in [3.63, 3.8) is 0 Å². The van der Waals surface area contributed by atoms with E-state index in [0.29, 0.717) is 36.1 Å². The molecule has 2 N–H and O–H groups in total. The first kappa shape index (κ1) is 26.8. The van der Waals surface area contributed by atoms with E-state index in [0.717, 1.165) is 24.4 Å². The summed E-state index contributed by atoms with van der Waals surface area (Å²) in [4.78, 5) is 15.6. The van der Waals surface area contributed by atoms with Crippen LogP contribution in [0.25, 0.3) is 5.57 Å². The molecule has 0 saturated carbocycles. The first-order valence-corrected chi connectivity index (χ1v) is 10.8. The van der Waals surface area contributed by atoms with Gasteiger partial charge in [-0.05, 0) is 54.3 Å². The van der Waals surface area contributed by atoms with Gasteiger partial charge in [0.2, 0.25) is 5.95 Å². The van der Waals surface area contributed by atoms with Gasteiger partial charge in [0.15, 0.2) is 0 Å². The van der Waals surface area contributed by atoms with Crippen molar-refractivity contribution >= 4 is 17.2 Å². The number of aryl methyl sites for hydroxylation is 1. The molecule has 34 heavy (non-hydrogen) atoms. The van der Waals surface area contributed by atoms with Crippen LogP contribution in [0.5, 0.6) is 0 Å². The van der Waals surface area contributed by atoms with Crippen LogP contribution in [0, 0.1) is 11.9 Å². The molecule has 2 rings (SSSR count). The van der Waals surface area contributed by atoms with Gasteiger partial charge in [-0.15, -0.1) is 0 Å². The second-order valence-corrected chi connectivity index (χ2v) is 7.80. The number of primary amides is 1. The molecule has 1 aromatic heterocycles. The van der Waals surface area contributed by atoms with Gasteiger partial charge in [-0.2, -0.15) is 22.7 Å². The fraction of sp³-hybridized carbons (Fsp3) is 0.320. The average Bonchev–Trinajstić information content (AvgIpc) is 2.79. The standard InChI is InChI=1S/C25H28F4N4O/c1-5-8-17-11-19(13-20(12-17)25(27,28)29)23(16(4)6-2)32-33(7-3)15-21(24(30)34)18-9-10-22(26)31-14-18/h7,9-16H,3,5-6,8H2,1-2,4H3,(H2,30,34)/b21-15-,32-23+. The quantitative estimate of drug-likeness (QED) is 0.152. The lowest BCUT2D eigenvalue weighted by molar-refractivity contribution is -0.137. The second-order valence-electron chi connectivity index (χ2n) is 7.80. The van der Waals surface area contributed by atoms with Crippen molar-refractivity contribution in [2.24, 2.45) is 16.8 Å². The number of halogens is 4. The Morgan fingerprint density at radius 2 is 1.94 bits per heavy atom. The van der Waals surface area contributed by atoms with Crippen LogP contribution >= 0.6 is 0 Å². The molecule has 0 bridgehead atoms. The van der Waals surface area contributed by atoms with Crippen LogP contribution in [0.1, 0.15) is 55.9 Å². The maximum Gasteiger partial charge on any atom is 0.416 e. The number of hydrogen-bond acceptors (Lipinski definition) is 4. The molecule has 0 saturated heterocycles. The molecule has 1 unspecified atom stereocenters. The molecule has 1 aromatic carbocycles. The zero-order valence-corrected chi connectivity index (χ0v) is 19.4. The average molecular weight is 477 g/mol. The summed E-state index contributed by atoms with van der Waals surface area (Å²) < 4.78 is 53.9. The molecule has 5 nitrogen and oxygen atoms in total. The van der Waals surface area contributed by atoms with Crippen molar-refractivity contribution in [3.8, 4) is 0 Å². The number of hydrazone groups is 1. The molecule has 1 amide bonds. The molecule has 182 valence electrons. The Hall–Kier alpha value is -3.49. The molecule has 0 aliphatic carbocycles. The van der Waals surface area contributed by atoms with E-state index >= 15 is 0 Å². The Bertz CT molecular complexity index is 1080. The van der Waals surface area contributed by atoms with E-state index in [2.05, 4.69) is 16.7 Å². The molecular formula is C25H28F4N4O. The van der Waals surface area contributed by atoms with E-state index in [1.165, 1.54) is 23.5 Å². The maximum atomic E-state index is 13.6. The number of alkyl halides is 3. The van der Waals surface area contributed by atoms with Gasteiger partial charge >= 0.3 is 6.18 Å². The van der Waals surface area contributed by atoms with Crippen molar-refractivity contribution in [1.29, 1.82) is 0 Å². The fourth-order valence-electron chi connectivity index (χ4n) is 3.27. The van der Waals surface area contributed by atoms with Gasteiger partial charge in [-0.3, -0.25) is 4.79 Å². The summed E-state index contributed by atoms with van der Waals surface area (Å²) in [7, 11) is 0. The van der Waals surface area contributed by atoms with Gasteiger partial charge < -0.3 is 5.73 Å². The van der Waals surface area contributed by atoms with Crippen LogP contribution in [0.2, 0.25) is 0 Å². The molecule has 0 aliphatic heterocycles. The summed E-state index contributed by atoms with van der Waals surface area (Å²) in [6.07, 6.45) is 1.00. The van der Waals surface area contributed by atoms with E-state index in [9.17, 15) is 22.4 Å². The molecule has 2 aromatic rings. The molecule has 0 radical (unpaired) electrons. The Balaban J connectivity index is 2.66. The topological polar surface area (TPSA) is 71.6 Å². The minimum atomic E-state index is -4.51. The van der Waals surface area contributed by atoms with E-state index in [1.807, 2.05) is 20.8 Å². The van der Waals surface area contributed by atoms with Gasteiger partial charge in [0.05, 0.1) is 16.8 Å². The Morgan fingerprint density at radius 3 is 2.44 bits per heavy atom. The van der Waals surface area contributed by atoms with Gasteiger partial charge in [0.1, 0.15) is 0 Å². The highest BCUT2D eigenvalue weighted by atomic mass is 19.4. The monoisotopic (exact) mass is 476 g/mol. The van der Waals surface area contributed by atoms with Crippen LogP contribution in [0.4, 0.5) is 17.6 Å². The lowest BCUT2D eigenvalue weighted by Gasteiger charge is -2.20. The summed E-state index contributed by atoms with van der Waals surface area (Å²) in [5, 5.41) is 5.72. The fourth-order valence-corrected chi connectivity index (χ4v) is 3.27. The SMILES string of the molecule is C=CN(/C=C(\C(N)=O)c1ccc(F)nc1)/N=C(/c1cc(CCC)cc(C(F)(F)F)c1)C(C)CC. The highest BCUT2D eigenvalue weighted by Crippen LogP contribution is 2.32. The first-order chi connectivity index (χ1) is 16.0. The third kappa shape index (κ3) is 7.00. The molecule has 1 atom stereocenters. The number of pyridine rings is 1. The lowest BCUT2D eigenvalue weighted by Crippen LogP contribution is -2.20. The highest BCUT2D eigenvalue weighted by Gasteiger charge is 2.32. The summed E-state index contributed by atoms with van der Waals surface area (Å²) in [6, 6.07) is 6.35. The Morgan fingerprint density at radius 1 is 1.24 bits per heavy atom. The number of carbonyl (C=O) groups is 1. The molecule has 0 aliphatic rings. The highest BCUT2D eigenvalue weighted by molar-refractivity contribution is 6.18. The van der Waals surface area contributed by atoms with Crippen LogP contribution in [-0.2, 0) is 17.4 Å². The van der Waals surface area contributed by atoms with Crippen molar-refractivity contribution in [3.05, 3.63) is 83.7 Å². The van der Waals surface area contributed by atoms with Crippen LogP contribution in [0.3, 0.4) is 0 Å². The van der Waals surface area contributed by atoms with Crippen LogP contribution in [-0.4, -0.2) is 21.6 Å². The van der Waals surface area contributed by atoms with E-state index in [1.54, 1.807) is 6.07 Å². The van der Waals surface area contributed by atoms with Gasteiger partial charge in [-0.1, -0.05) is 33.8 Å². The molecule has 9 heteroatoms. The van der Waals surface area contributed by atoms with Gasteiger partial charge in [0, 0.05) is 30.1 Å². The number of carbonyl (C=O) groups excluding carboxylic acids is 1. The predicted molar refractivity (Wildman–Crippen MR) is 125 cm³/mol. The van der Waals surface area contributed by atoms with Crippen molar-refractivity contribution in [2.75, 3.05) is 0 Å². The largest absolute Gasteiger partial charge is 0.416 e. The molecule has 0 fully saturated rings. The maximum absolute atomic E-state index is 13.6. The number of nitrogens with zero attached hydrogens (tertiary/aromatic N) is 3. The van der Waals surface area contributed by atoms with Crippen molar-refractivity contribution in [1.82, 2.24) is 9.99 Å². The molecule has 0 spiro atoms. The number of amides is 1. The molecule has 1 heterocycles. The zero-order valence-electron chi connectivity index (χ0n) is 19.4. The normalized spacial score (nSPS) is 13.5. The number of nitrogens with two attached hydrogens (primary N) is 1. The van der Waals surface area contributed by atoms with Gasteiger partial charge in [0.25, 0.3) is 5.91 Å². The Kier molecular flexibility index (Phi) is 9.11. The van der Waals surface area contributed by atoms with Crippen LogP contribution < -0.4 is 5.73 Å². The minimum absolute atomic E-state index is 0.0182. The van der Waals surface area contributed by atoms with E-state index in [-0.39, 0.29) is 17.1 Å². The summed E-state index contributed by atoms with van der Waals surface area (Å²) in [5.41, 5.74) is 6.26. The first-order valence-electron chi connectivity index (χ1n) is 10.8. The summed E-state index contributed by atoms with van der Waals surface area (Å²) in [6.45, 7) is 9.32. The van der Waals surface area contributed by atoms with Crippen molar-refractivity contribution < 1.29 is 22.4 Å². The van der Waals surface area contributed by atoms with Gasteiger partial charge in [-0.25, -0.2) is 9.99 Å². The van der Waals surface area contributed by atoms with Crippen LogP contribution in [0.15, 0.2) is 60.6 Å². The van der Waals surface area contributed by atoms with E-state index in [4.69, 9.17) is 5.73 Å². The van der Waals surface area contributed by atoms with E-state index < -0.39 is 23.6 Å². The zero-order chi connectivity index (χ0) is 25.5. The Labute approximate surface area is 196 Å². The number of rotatable bonds is 10. The number of aromatic nitrogens is 1. The predicted octanol–water partition coefficient (Wildman–Crippen LogP) is 5.91. The third-order valence-corrected chi connectivity index (χ3v) is 5.21. The summed E-state index contributed by atoms with van der Waals surface area (Å²) in [5.74, 6) is -1.75. The lowest BCUT2D eigenvalue weighted by atomic mass is 9.92. The third-order valence-electron chi connectivity index (χ3n) is 5.21. The summed E-state index contributed by atoms with van der Waals surface area (Å²) >= 11 is 0. The van der Waals surface area contributed by atoms with Crippen molar-refractivity contribution in [2.45, 2.75) is 46.2 Å².